The molecule has 196 valence electrons. The van der Waals surface area contributed by atoms with E-state index in [1.54, 1.807) is 0 Å². The maximum absolute atomic E-state index is 13.0. The van der Waals surface area contributed by atoms with Gasteiger partial charge in [0.05, 0.1) is 18.2 Å². The summed E-state index contributed by atoms with van der Waals surface area (Å²) < 4.78 is 0. The SMILES string of the molecule is N#C[C@@H]1C[C@H](N=[N+]=[N-])CN1C(=O)[C@@H](N)CCCCN(c1ccc2ccccc2c1)c1ccc2ccccc2c1. The van der Waals surface area contributed by atoms with Gasteiger partial charge in [-0.15, -0.1) is 0 Å². The second-order valence-corrected chi connectivity index (χ2v) is 10.0. The highest BCUT2D eigenvalue weighted by Crippen LogP contribution is 2.31. The van der Waals surface area contributed by atoms with Crippen LogP contribution in [0, 0.1) is 11.3 Å². The molecule has 1 saturated heterocycles. The van der Waals surface area contributed by atoms with Crippen LogP contribution in [0.25, 0.3) is 32.0 Å². The maximum atomic E-state index is 13.0. The highest BCUT2D eigenvalue weighted by Gasteiger charge is 2.36. The van der Waals surface area contributed by atoms with E-state index in [1.165, 1.54) is 26.4 Å². The number of unbranched alkanes of at least 4 members (excludes halogenated alkanes) is 1. The Morgan fingerprint density at radius 3 is 2.15 bits per heavy atom. The Morgan fingerprint density at radius 2 is 1.59 bits per heavy atom. The third kappa shape index (κ3) is 5.80. The highest BCUT2D eigenvalue weighted by molar-refractivity contribution is 5.89. The summed E-state index contributed by atoms with van der Waals surface area (Å²) >= 11 is 0. The number of nitriles is 1. The summed E-state index contributed by atoms with van der Waals surface area (Å²) in [6.07, 6.45) is 2.47. The van der Waals surface area contributed by atoms with Crippen LogP contribution in [0.15, 0.2) is 90.0 Å². The lowest BCUT2D eigenvalue weighted by atomic mass is 10.1. The Balaban J connectivity index is 1.29. The number of rotatable bonds is 9. The lowest BCUT2D eigenvalue weighted by molar-refractivity contribution is -0.132. The molecular weight excluding hydrogens is 486 g/mol. The van der Waals surface area contributed by atoms with Crippen molar-refractivity contribution < 1.29 is 4.79 Å². The summed E-state index contributed by atoms with van der Waals surface area (Å²) in [4.78, 5) is 19.6. The summed E-state index contributed by atoms with van der Waals surface area (Å²) in [7, 11) is 0. The van der Waals surface area contributed by atoms with Crippen LogP contribution in [0.3, 0.4) is 0 Å². The van der Waals surface area contributed by atoms with E-state index in [-0.39, 0.29) is 18.5 Å². The molecule has 1 aliphatic heterocycles. The Morgan fingerprint density at radius 1 is 1.00 bits per heavy atom. The molecule has 8 nitrogen and oxygen atoms in total. The average molecular weight is 518 g/mol. The van der Waals surface area contributed by atoms with E-state index in [1.807, 2.05) is 12.1 Å². The van der Waals surface area contributed by atoms with Crippen molar-refractivity contribution >= 4 is 38.8 Å². The number of carbonyl (C=O) groups excluding carboxylic acids is 1. The van der Waals surface area contributed by atoms with E-state index in [9.17, 15) is 10.1 Å². The van der Waals surface area contributed by atoms with Crippen molar-refractivity contribution in [3.8, 4) is 6.07 Å². The molecule has 1 amide bonds. The van der Waals surface area contributed by atoms with Crippen molar-refractivity contribution in [2.75, 3.05) is 18.0 Å². The molecule has 4 aromatic carbocycles. The fourth-order valence-electron chi connectivity index (χ4n) is 5.40. The van der Waals surface area contributed by atoms with Crippen LogP contribution < -0.4 is 10.6 Å². The third-order valence-corrected chi connectivity index (χ3v) is 7.48. The van der Waals surface area contributed by atoms with Crippen LogP contribution in [0.4, 0.5) is 11.4 Å². The van der Waals surface area contributed by atoms with Gasteiger partial charge < -0.3 is 15.5 Å². The van der Waals surface area contributed by atoms with Gasteiger partial charge in [-0.2, -0.15) is 5.26 Å². The second-order valence-electron chi connectivity index (χ2n) is 10.0. The molecule has 0 bridgehead atoms. The number of carbonyl (C=O) groups is 1. The Bertz CT molecular complexity index is 1490. The average Bonchev–Trinajstić information content (AvgIpc) is 3.39. The van der Waals surface area contributed by atoms with Crippen molar-refractivity contribution in [1.82, 2.24) is 4.90 Å². The first kappa shape index (κ1) is 26.1. The lowest BCUT2D eigenvalue weighted by Gasteiger charge is -2.27. The van der Waals surface area contributed by atoms with Gasteiger partial charge in [-0.3, -0.25) is 4.79 Å². The van der Waals surface area contributed by atoms with Crippen LogP contribution in [0.5, 0.6) is 0 Å². The molecule has 39 heavy (non-hydrogen) atoms. The number of hydrogen-bond acceptors (Lipinski definition) is 5. The number of benzene rings is 4. The molecule has 0 aromatic heterocycles. The van der Waals surface area contributed by atoms with Crippen LogP contribution in [-0.2, 0) is 4.79 Å². The largest absolute Gasteiger partial charge is 0.341 e. The molecular formula is C31H31N7O. The van der Waals surface area contributed by atoms with Crippen LogP contribution in [0.1, 0.15) is 25.7 Å². The predicted molar refractivity (Wildman–Crippen MR) is 155 cm³/mol. The molecule has 0 spiro atoms. The molecule has 3 atom stereocenters. The van der Waals surface area contributed by atoms with Gasteiger partial charge in [-0.1, -0.05) is 65.8 Å². The molecule has 1 heterocycles. The minimum atomic E-state index is -0.694. The molecule has 5 rings (SSSR count). The monoisotopic (exact) mass is 517 g/mol. The normalized spacial score (nSPS) is 17.5. The molecule has 1 aliphatic rings. The quantitative estimate of drug-likeness (QED) is 0.119. The van der Waals surface area contributed by atoms with Crippen molar-refractivity contribution in [3.05, 3.63) is 95.4 Å². The van der Waals surface area contributed by atoms with Crippen LogP contribution >= 0.6 is 0 Å². The highest BCUT2D eigenvalue weighted by atomic mass is 16.2. The lowest BCUT2D eigenvalue weighted by Crippen LogP contribution is -2.46. The zero-order chi connectivity index (χ0) is 27.2. The minimum absolute atomic E-state index is 0.243. The third-order valence-electron chi connectivity index (χ3n) is 7.48. The van der Waals surface area contributed by atoms with Crippen LogP contribution in [-0.4, -0.2) is 42.0 Å². The van der Waals surface area contributed by atoms with E-state index in [0.717, 1.165) is 30.8 Å². The van der Waals surface area contributed by atoms with E-state index in [2.05, 4.69) is 93.8 Å². The van der Waals surface area contributed by atoms with E-state index >= 15 is 0 Å². The van der Waals surface area contributed by atoms with E-state index in [4.69, 9.17) is 11.3 Å². The molecule has 8 heteroatoms. The zero-order valence-corrected chi connectivity index (χ0v) is 21.7. The maximum Gasteiger partial charge on any atom is 0.240 e. The van der Waals surface area contributed by atoms with Gasteiger partial charge in [0.15, 0.2) is 0 Å². The van der Waals surface area contributed by atoms with Gasteiger partial charge in [-0.25, -0.2) is 0 Å². The number of nitrogens with two attached hydrogens (primary N) is 1. The first-order chi connectivity index (χ1) is 19.1. The van der Waals surface area contributed by atoms with Crippen molar-refractivity contribution in [1.29, 1.82) is 5.26 Å². The number of azide groups is 1. The van der Waals surface area contributed by atoms with Crippen molar-refractivity contribution in [2.45, 2.75) is 43.8 Å². The topological polar surface area (TPSA) is 122 Å². The molecule has 0 radical (unpaired) electrons. The molecule has 0 aliphatic carbocycles. The first-order valence-electron chi connectivity index (χ1n) is 13.3. The number of fused-ring (bicyclic) bond motifs is 2. The van der Waals surface area contributed by atoms with Gasteiger partial charge in [0.2, 0.25) is 5.91 Å². The fraction of sp³-hybridized carbons (Fsp3) is 0.290. The summed E-state index contributed by atoms with van der Waals surface area (Å²) in [6.45, 7) is 1.01. The summed E-state index contributed by atoms with van der Waals surface area (Å²) in [5, 5.41) is 17.9. The molecule has 4 aromatic rings. The summed E-state index contributed by atoms with van der Waals surface area (Å²) in [5.74, 6) is -0.252. The predicted octanol–water partition coefficient (Wildman–Crippen LogP) is 6.43. The van der Waals surface area contributed by atoms with Crippen molar-refractivity contribution in [3.63, 3.8) is 0 Å². The summed E-state index contributed by atoms with van der Waals surface area (Å²) in [6, 6.07) is 30.2. The number of hydrogen-bond donors (Lipinski definition) is 1. The van der Waals surface area contributed by atoms with Gasteiger partial charge in [0, 0.05) is 29.4 Å². The molecule has 2 N–H and O–H groups in total. The Hall–Kier alpha value is -4.57. The van der Waals surface area contributed by atoms with E-state index in [0.29, 0.717) is 12.8 Å². The number of nitrogens with zero attached hydrogens (tertiary/aromatic N) is 6. The van der Waals surface area contributed by atoms with Crippen LogP contribution in [0.2, 0.25) is 0 Å². The zero-order valence-electron chi connectivity index (χ0n) is 21.7. The summed E-state index contributed by atoms with van der Waals surface area (Å²) in [5.41, 5.74) is 17.2. The van der Waals surface area contributed by atoms with Gasteiger partial charge in [0.25, 0.3) is 0 Å². The smallest absolute Gasteiger partial charge is 0.240 e. The standard InChI is InChI=1S/C31H31N7O/c32-20-29-19-26(35-36-34)21-38(29)31(39)30(33)11-5-6-16-37(27-14-12-22-7-1-3-9-24(22)17-27)28-15-13-23-8-2-4-10-25(23)18-28/h1-4,7-10,12-15,17-18,26,29-30H,5-6,11,16,19,21,33H2/t26-,29-,30-/m0/s1. The van der Waals surface area contributed by atoms with Gasteiger partial charge >= 0.3 is 0 Å². The second kappa shape index (κ2) is 11.9. The fourth-order valence-corrected chi connectivity index (χ4v) is 5.40. The minimum Gasteiger partial charge on any atom is -0.341 e. The Kier molecular flexibility index (Phi) is 7.93. The molecule has 0 saturated carbocycles. The Labute approximate surface area is 227 Å². The first-order valence-corrected chi connectivity index (χ1v) is 13.3. The number of likely N-dealkylation sites (tertiary alicyclic amines) is 1. The van der Waals surface area contributed by atoms with E-state index < -0.39 is 12.1 Å². The molecule has 1 fully saturated rings. The van der Waals surface area contributed by atoms with Gasteiger partial charge in [-0.05, 0) is 77.0 Å². The number of anilines is 2. The number of amides is 1. The van der Waals surface area contributed by atoms with Crippen molar-refractivity contribution in [2.24, 2.45) is 10.8 Å². The van der Waals surface area contributed by atoms with Gasteiger partial charge in [0.1, 0.15) is 6.04 Å². The molecule has 0 unspecified atom stereocenters.